The van der Waals surface area contributed by atoms with E-state index in [0.29, 0.717) is 5.56 Å². The van der Waals surface area contributed by atoms with Gasteiger partial charge in [-0.15, -0.1) is 5.11 Å². The summed E-state index contributed by atoms with van der Waals surface area (Å²) in [6.07, 6.45) is 4.91. The van der Waals surface area contributed by atoms with Crippen LogP contribution in [0.2, 0.25) is 0 Å². The molecule has 0 atom stereocenters. The Balaban J connectivity index is 0.000000253. The van der Waals surface area contributed by atoms with Crippen LogP contribution in [0.4, 0.5) is 4.39 Å². The van der Waals surface area contributed by atoms with Crippen molar-refractivity contribution in [3.63, 3.8) is 0 Å². The van der Waals surface area contributed by atoms with Gasteiger partial charge in [0.15, 0.2) is 5.84 Å². The second kappa shape index (κ2) is 9.41. The van der Waals surface area contributed by atoms with E-state index in [4.69, 9.17) is 10.9 Å². The lowest BCUT2D eigenvalue weighted by Crippen LogP contribution is -1.94. The monoisotopic (exact) mass is 311 g/mol. The predicted octanol–water partition coefficient (Wildman–Crippen LogP) is 5.77. The first kappa shape index (κ1) is 18.4. The average Bonchev–Trinajstić information content (AvgIpc) is 2.57. The molecular weight excluding hydrogens is 289 g/mol. The zero-order valence-corrected chi connectivity index (χ0v) is 13.7. The molecule has 23 heavy (non-hydrogen) atoms. The Morgan fingerprint density at radius 1 is 1.17 bits per heavy atom. The summed E-state index contributed by atoms with van der Waals surface area (Å²) >= 11 is 0. The van der Waals surface area contributed by atoms with Crippen LogP contribution in [0, 0.1) is 23.7 Å². The maximum Gasteiger partial charge on any atom is 0.173 e. The smallest absolute Gasteiger partial charge is 0.173 e. The van der Waals surface area contributed by atoms with Gasteiger partial charge in [0.25, 0.3) is 0 Å². The lowest BCUT2D eigenvalue weighted by atomic mass is 10.0. The summed E-state index contributed by atoms with van der Waals surface area (Å²) in [5, 5.41) is 10.5. The largest absolute Gasteiger partial charge is 0.281 e. The highest BCUT2D eigenvalue weighted by Gasteiger charge is 2.01. The molecule has 2 N–H and O–H groups in total. The van der Waals surface area contributed by atoms with Crippen molar-refractivity contribution < 1.29 is 4.39 Å². The molecule has 0 spiro atoms. The van der Waals surface area contributed by atoms with Crippen LogP contribution in [0.1, 0.15) is 36.1 Å². The van der Waals surface area contributed by atoms with Gasteiger partial charge in [-0.2, -0.15) is 0 Å². The molecule has 0 amide bonds. The van der Waals surface area contributed by atoms with Crippen LogP contribution in [0.5, 0.6) is 0 Å². The molecule has 4 heteroatoms. The third kappa shape index (κ3) is 5.94. The van der Waals surface area contributed by atoms with E-state index < -0.39 is 0 Å². The third-order valence-electron chi connectivity index (χ3n) is 3.33. The molecule has 0 aromatic heterocycles. The van der Waals surface area contributed by atoms with E-state index in [2.05, 4.69) is 5.11 Å². The summed E-state index contributed by atoms with van der Waals surface area (Å²) in [4.78, 5) is 0. The Hall–Kier alpha value is -2.62. The molecule has 0 aliphatic heterocycles. The maximum atomic E-state index is 12.2. The molecule has 2 rings (SSSR count). The molecule has 0 saturated carbocycles. The van der Waals surface area contributed by atoms with Crippen molar-refractivity contribution >= 4 is 11.9 Å². The number of allylic oxidation sites excluding steroid dienone is 1. The van der Waals surface area contributed by atoms with Crippen LogP contribution in [-0.2, 0) is 6.42 Å². The quantitative estimate of drug-likeness (QED) is 0.410. The van der Waals surface area contributed by atoms with Crippen LogP contribution in [0.3, 0.4) is 0 Å². The fourth-order valence-electron chi connectivity index (χ4n) is 1.93. The SMILES string of the molecule is C/C=C\c1cc(C(=N)N=N)ccc1C.CCc1ccc(F)cc1. The lowest BCUT2D eigenvalue weighted by Gasteiger charge is -2.03. The molecule has 0 radical (unpaired) electrons. The van der Waals surface area contributed by atoms with Gasteiger partial charge >= 0.3 is 0 Å². The fraction of sp³-hybridized carbons (Fsp3) is 0.211. The summed E-state index contributed by atoms with van der Waals surface area (Å²) in [6.45, 7) is 6.01. The maximum absolute atomic E-state index is 12.2. The van der Waals surface area contributed by atoms with Crippen molar-refractivity contribution in [2.75, 3.05) is 0 Å². The minimum absolute atomic E-state index is 0.00393. The molecule has 2 aromatic rings. The first-order valence-electron chi connectivity index (χ1n) is 7.46. The van der Waals surface area contributed by atoms with Crippen molar-refractivity contribution in [3.05, 3.63) is 76.6 Å². The van der Waals surface area contributed by atoms with Gasteiger partial charge in [-0.25, -0.2) is 9.92 Å². The summed E-state index contributed by atoms with van der Waals surface area (Å²) < 4.78 is 12.2. The summed E-state index contributed by atoms with van der Waals surface area (Å²) in [6, 6.07) is 12.2. The minimum Gasteiger partial charge on any atom is -0.281 e. The molecular formula is C19H22FN3. The molecule has 0 fully saturated rings. The van der Waals surface area contributed by atoms with Crippen molar-refractivity contribution in [2.24, 2.45) is 5.11 Å². The number of nitrogens with one attached hydrogen (secondary N) is 2. The summed E-state index contributed by atoms with van der Waals surface area (Å²) in [5.41, 5.74) is 10.8. The summed E-state index contributed by atoms with van der Waals surface area (Å²) in [7, 11) is 0. The highest BCUT2D eigenvalue weighted by Crippen LogP contribution is 2.13. The average molecular weight is 311 g/mol. The predicted molar refractivity (Wildman–Crippen MR) is 93.6 cm³/mol. The van der Waals surface area contributed by atoms with E-state index >= 15 is 0 Å². The second-order valence-electron chi connectivity index (χ2n) is 5.01. The van der Waals surface area contributed by atoms with Crippen LogP contribution < -0.4 is 0 Å². The molecule has 0 bridgehead atoms. The van der Waals surface area contributed by atoms with Crippen molar-refractivity contribution in [1.82, 2.24) is 0 Å². The Labute approximate surface area is 136 Å². The van der Waals surface area contributed by atoms with E-state index in [0.717, 1.165) is 17.5 Å². The first-order valence-corrected chi connectivity index (χ1v) is 7.46. The van der Waals surface area contributed by atoms with Crippen LogP contribution >= 0.6 is 0 Å². The Morgan fingerprint density at radius 2 is 1.83 bits per heavy atom. The van der Waals surface area contributed by atoms with Crippen LogP contribution in [-0.4, -0.2) is 5.84 Å². The molecule has 0 aliphatic rings. The van der Waals surface area contributed by atoms with Gasteiger partial charge in [0.2, 0.25) is 0 Å². The summed E-state index contributed by atoms with van der Waals surface area (Å²) in [5.74, 6) is -0.164. The molecule has 0 unspecified atom stereocenters. The lowest BCUT2D eigenvalue weighted by molar-refractivity contribution is 0.627. The highest BCUT2D eigenvalue weighted by molar-refractivity contribution is 5.97. The zero-order valence-electron chi connectivity index (χ0n) is 13.7. The van der Waals surface area contributed by atoms with Gasteiger partial charge in [0, 0.05) is 5.56 Å². The minimum atomic E-state index is -0.160. The standard InChI is InChI=1S/C11H13N3.C8H9F/c1-3-4-9-7-10(11(12)14-13)6-5-8(9)2;1-2-7-3-5-8(9)6-4-7/h3-7,12-13H,1-2H3;3-6H,2H2,1H3/b4-3-,12-11?,14-13?;. The molecule has 120 valence electrons. The second-order valence-corrected chi connectivity index (χ2v) is 5.01. The number of halogens is 1. The topological polar surface area (TPSA) is 60.1 Å². The third-order valence-corrected chi connectivity index (χ3v) is 3.33. The van der Waals surface area contributed by atoms with Gasteiger partial charge in [-0.1, -0.05) is 43.3 Å². The number of nitrogens with zero attached hydrogens (tertiary/aromatic N) is 1. The van der Waals surface area contributed by atoms with Gasteiger partial charge < -0.3 is 0 Å². The van der Waals surface area contributed by atoms with Crippen LogP contribution in [0.25, 0.3) is 6.08 Å². The number of rotatable bonds is 3. The van der Waals surface area contributed by atoms with E-state index in [9.17, 15) is 4.39 Å². The Kier molecular flexibility index (Phi) is 7.54. The molecule has 2 aromatic carbocycles. The van der Waals surface area contributed by atoms with Gasteiger partial charge in [-0.05, 0) is 55.2 Å². The highest BCUT2D eigenvalue weighted by atomic mass is 19.1. The van der Waals surface area contributed by atoms with Crippen LogP contribution in [0.15, 0.2) is 53.7 Å². The fourth-order valence-corrected chi connectivity index (χ4v) is 1.93. The van der Waals surface area contributed by atoms with Gasteiger partial charge in [-0.3, -0.25) is 5.41 Å². The van der Waals surface area contributed by atoms with E-state index in [1.807, 2.05) is 51.1 Å². The molecule has 0 heterocycles. The van der Waals surface area contributed by atoms with Gasteiger partial charge in [0.05, 0.1) is 0 Å². The zero-order chi connectivity index (χ0) is 17.2. The Bertz CT molecular complexity index is 688. The van der Waals surface area contributed by atoms with Crippen molar-refractivity contribution in [1.29, 1.82) is 10.9 Å². The molecule has 3 nitrogen and oxygen atoms in total. The molecule has 0 aliphatic carbocycles. The van der Waals surface area contributed by atoms with Gasteiger partial charge in [0.1, 0.15) is 5.82 Å². The Morgan fingerprint density at radius 3 is 2.35 bits per heavy atom. The van der Waals surface area contributed by atoms with E-state index in [-0.39, 0.29) is 11.7 Å². The number of benzene rings is 2. The number of hydrogen-bond acceptors (Lipinski definition) is 2. The van der Waals surface area contributed by atoms with E-state index in [1.54, 1.807) is 12.1 Å². The van der Waals surface area contributed by atoms with E-state index in [1.165, 1.54) is 17.7 Å². The number of amidine groups is 1. The number of hydrogen-bond donors (Lipinski definition) is 2. The first-order chi connectivity index (χ1) is 11.0. The van der Waals surface area contributed by atoms with Crippen molar-refractivity contribution in [2.45, 2.75) is 27.2 Å². The van der Waals surface area contributed by atoms with Crippen molar-refractivity contribution in [3.8, 4) is 0 Å². The number of aryl methyl sites for hydroxylation is 2. The molecule has 0 saturated heterocycles. The normalized spacial score (nSPS) is 10.1.